The number of carbonyl (C=O) groups excluding carboxylic acids is 2. The number of aromatic nitrogens is 2. The van der Waals surface area contributed by atoms with Crippen molar-refractivity contribution in [1.82, 2.24) is 9.97 Å². The number of ether oxygens (including phenoxy) is 1. The van der Waals surface area contributed by atoms with Crippen molar-refractivity contribution in [2.75, 3.05) is 11.9 Å². The summed E-state index contributed by atoms with van der Waals surface area (Å²) in [5.41, 5.74) is 6.71. The van der Waals surface area contributed by atoms with E-state index in [0.29, 0.717) is 17.1 Å². The van der Waals surface area contributed by atoms with Crippen molar-refractivity contribution >= 4 is 17.6 Å². The van der Waals surface area contributed by atoms with Crippen LogP contribution in [-0.4, -0.2) is 28.4 Å². The van der Waals surface area contributed by atoms with Gasteiger partial charge in [-0.15, -0.1) is 0 Å². The summed E-state index contributed by atoms with van der Waals surface area (Å²) in [5, 5.41) is 2.71. The lowest BCUT2D eigenvalue weighted by molar-refractivity contribution is -0.120. The number of hydrogen-bond acceptors (Lipinski definition) is 5. The molecule has 0 bridgehead atoms. The summed E-state index contributed by atoms with van der Waals surface area (Å²) in [7, 11) is 0. The Bertz CT molecular complexity index is 1120. The van der Waals surface area contributed by atoms with E-state index in [2.05, 4.69) is 15.3 Å². The summed E-state index contributed by atoms with van der Waals surface area (Å²) in [6, 6.07) is 16.1. The Labute approximate surface area is 165 Å². The normalized spacial score (nSPS) is 15.3. The van der Waals surface area contributed by atoms with Crippen molar-refractivity contribution in [2.24, 2.45) is 5.73 Å². The second-order valence-electron chi connectivity index (χ2n) is 6.67. The molecular formula is C21H18N4O4. The summed E-state index contributed by atoms with van der Waals surface area (Å²) in [6.45, 7) is -0.222. The maximum absolute atomic E-state index is 12.9. The minimum atomic E-state index is -0.571. The Morgan fingerprint density at radius 2 is 1.83 bits per heavy atom. The number of carbonyl (C=O) groups is 2. The SMILES string of the molecule is NC(=O)COc1ccc([C@@H]2CC(=O)Nc3nc(-c4ccccc4)[nH]c(=O)c32)cc1. The Kier molecular flexibility index (Phi) is 4.82. The van der Waals surface area contributed by atoms with Crippen LogP contribution in [0.3, 0.4) is 0 Å². The molecule has 3 aromatic rings. The minimum absolute atomic E-state index is 0.129. The number of nitrogens with two attached hydrogens (primary N) is 1. The van der Waals surface area contributed by atoms with Gasteiger partial charge in [0.1, 0.15) is 17.4 Å². The van der Waals surface area contributed by atoms with Crippen LogP contribution in [0.1, 0.15) is 23.5 Å². The topological polar surface area (TPSA) is 127 Å². The van der Waals surface area contributed by atoms with Crippen LogP contribution in [0, 0.1) is 0 Å². The third-order valence-corrected chi connectivity index (χ3v) is 4.66. The lowest BCUT2D eigenvalue weighted by Crippen LogP contribution is -2.31. The maximum atomic E-state index is 12.9. The van der Waals surface area contributed by atoms with Gasteiger partial charge in [0.15, 0.2) is 6.61 Å². The van der Waals surface area contributed by atoms with E-state index >= 15 is 0 Å². The van der Waals surface area contributed by atoms with Crippen LogP contribution in [0.15, 0.2) is 59.4 Å². The van der Waals surface area contributed by atoms with Gasteiger partial charge in [0.05, 0.1) is 5.56 Å². The van der Waals surface area contributed by atoms with Crippen LogP contribution < -0.4 is 21.3 Å². The highest BCUT2D eigenvalue weighted by Crippen LogP contribution is 2.35. The first kappa shape index (κ1) is 18.4. The molecule has 1 aliphatic heterocycles. The average molecular weight is 390 g/mol. The Morgan fingerprint density at radius 3 is 2.52 bits per heavy atom. The number of aromatic amines is 1. The molecule has 4 N–H and O–H groups in total. The van der Waals surface area contributed by atoms with Gasteiger partial charge in [-0.1, -0.05) is 42.5 Å². The fourth-order valence-electron chi connectivity index (χ4n) is 3.34. The standard InChI is InChI=1S/C21H18N4O4/c22-16(26)11-29-14-8-6-12(7-9-14)15-10-17(27)23-20-18(15)21(28)25-19(24-20)13-4-2-1-3-5-13/h1-9,15H,10-11H2,(H2,22,26)(H2,23,24,25,27,28)/t15-/m0/s1. The van der Waals surface area contributed by atoms with Gasteiger partial charge in [0.25, 0.3) is 11.5 Å². The van der Waals surface area contributed by atoms with Crippen molar-refractivity contribution in [2.45, 2.75) is 12.3 Å². The van der Waals surface area contributed by atoms with Crippen molar-refractivity contribution in [3.05, 3.63) is 76.1 Å². The predicted molar refractivity (Wildman–Crippen MR) is 107 cm³/mol. The summed E-state index contributed by atoms with van der Waals surface area (Å²) in [5.74, 6) is -0.0923. The van der Waals surface area contributed by atoms with Crippen LogP contribution in [-0.2, 0) is 9.59 Å². The van der Waals surface area contributed by atoms with Crippen LogP contribution in [0.25, 0.3) is 11.4 Å². The van der Waals surface area contributed by atoms with Gasteiger partial charge in [-0.2, -0.15) is 0 Å². The summed E-state index contributed by atoms with van der Waals surface area (Å²) < 4.78 is 5.25. The third-order valence-electron chi connectivity index (χ3n) is 4.66. The molecule has 2 aromatic carbocycles. The van der Waals surface area contributed by atoms with Crippen molar-refractivity contribution in [3.8, 4) is 17.1 Å². The molecule has 146 valence electrons. The molecule has 8 heteroatoms. The first-order valence-corrected chi connectivity index (χ1v) is 9.02. The van der Waals surface area contributed by atoms with Gasteiger partial charge in [-0.3, -0.25) is 14.4 Å². The molecule has 1 aliphatic rings. The molecular weight excluding hydrogens is 372 g/mol. The molecule has 1 atom stereocenters. The predicted octanol–water partition coefficient (Wildman–Crippen LogP) is 1.78. The second kappa shape index (κ2) is 7.59. The molecule has 0 saturated heterocycles. The van der Waals surface area contributed by atoms with Crippen molar-refractivity contribution in [3.63, 3.8) is 0 Å². The quantitative estimate of drug-likeness (QED) is 0.612. The number of nitrogens with zero attached hydrogens (tertiary/aromatic N) is 1. The number of fused-ring (bicyclic) bond motifs is 1. The first-order valence-electron chi connectivity index (χ1n) is 9.02. The van der Waals surface area contributed by atoms with Gasteiger partial charge in [0.2, 0.25) is 5.91 Å². The van der Waals surface area contributed by atoms with E-state index in [4.69, 9.17) is 10.5 Å². The fraction of sp³-hybridized carbons (Fsp3) is 0.143. The van der Waals surface area contributed by atoms with Crippen molar-refractivity contribution in [1.29, 1.82) is 0 Å². The molecule has 29 heavy (non-hydrogen) atoms. The molecule has 2 amide bonds. The van der Waals surface area contributed by atoms with E-state index in [-0.39, 0.29) is 30.3 Å². The lowest BCUT2D eigenvalue weighted by Gasteiger charge is -2.24. The smallest absolute Gasteiger partial charge is 0.257 e. The number of nitrogens with one attached hydrogen (secondary N) is 2. The Hall–Kier alpha value is -3.94. The summed E-state index contributed by atoms with van der Waals surface area (Å²) in [4.78, 5) is 43.3. The molecule has 0 aliphatic carbocycles. The minimum Gasteiger partial charge on any atom is -0.484 e. The molecule has 0 unspecified atom stereocenters. The lowest BCUT2D eigenvalue weighted by atomic mass is 9.87. The third kappa shape index (κ3) is 3.86. The number of primary amides is 1. The highest BCUT2D eigenvalue weighted by atomic mass is 16.5. The molecule has 0 fully saturated rings. The van der Waals surface area contributed by atoms with Gasteiger partial charge < -0.3 is 20.8 Å². The maximum Gasteiger partial charge on any atom is 0.257 e. The molecule has 0 saturated carbocycles. The Morgan fingerprint density at radius 1 is 1.10 bits per heavy atom. The van der Waals surface area contributed by atoms with Gasteiger partial charge in [-0.25, -0.2) is 4.98 Å². The molecule has 0 radical (unpaired) electrons. The van der Waals surface area contributed by atoms with E-state index < -0.39 is 11.8 Å². The number of amides is 2. The van der Waals surface area contributed by atoms with Gasteiger partial charge in [0, 0.05) is 17.9 Å². The fourth-order valence-corrected chi connectivity index (χ4v) is 3.34. The number of benzene rings is 2. The molecule has 4 rings (SSSR count). The largest absolute Gasteiger partial charge is 0.484 e. The zero-order valence-corrected chi connectivity index (χ0v) is 15.3. The number of rotatable bonds is 5. The molecule has 8 nitrogen and oxygen atoms in total. The highest BCUT2D eigenvalue weighted by Gasteiger charge is 2.31. The van der Waals surface area contributed by atoms with Crippen LogP contribution in [0.2, 0.25) is 0 Å². The van der Waals surface area contributed by atoms with E-state index in [1.807, 2.05) is 30.3 Å². The van der Waals surface area contributed by atoms with Crippen LogP contribution >= 0.6 is 0 Å². The average Bonchev–Trinajstić information content (AvgIpc) is 2.72. The molecule has 1 aromatic heterocycles. The highest BCUT2D eigenvalue weighted by molar-refractivity contribution is 5.94. The first-order chi connectivity index (χ1) is 14.0. The zero-order chi connectivity index (χ0) is 20.4. The van der Waals surface area contributed by atoms with Gasteiger partial charge >= 0.3 is 0 Å². The van der Waals surface area contributed by atoms with E-state index in [9.17, 15) is 14.4 Å². The Balaban J connectivity index is 1.70. The monoisotopic (exact) mass is 390 g/mol. The van der Waals surface area contributed by atoms with Crippen LogP contribution in [0.4, 0.5) is 5.82 Å². The number of H-pyrrole nitrogens is 1. The summed E-state index contributed by atoms with van der Waals surface area (Å²) >= 11 is 0. The number of hydrogen-bond donors (Lipinski definition) is 3. The van der Waals surface area contributed by atoms with Crippen LogP contribution in [0.5, 0.6) is 5.75 Å². The summed E-state index contributed by atoms with van der Waals surface area (Å²) in [6.07, 6.45) is 0.129. The van der Waals surface area contributed by atoms with E-state index in [0.717, 1.165) is 11.1 Å². The van der Waals surface area contributed by atoms with Crippen molar-refractivity contribution < 1.29 is 14.3 Å². The molecule has 2 heterocycles. The van der Waals surface area contributed by atoms with E-state index in [1.54, 1.807) is 24.3 Å². The van der Waals surface area contributed by atoms with Gasteiger partial charge in [-0.05, 0) is 17.7 Å². The van der Waals surface area contributed by atoms with E-state index in [1.165, 1.54) is 0 Å². The zero-order valence-electron chi connectivity index (χ0n) is 15.3. The molecule has 0 spiro atoms. The number of anilines is 1. The second-order valence-corrected chi connectivity index (χ2v) is 6.67.